The summed E-state index contributed by atoms with van der Waals surface area (Å²) < 4.78 is 25.2. The van der Waals surface area contributed by atoms with Crippen LogP contribution in [0, 0.1) is 5.82 Å². The molecule has 1 aromatic carbocycles. The average molecular weight is 381 g/mol. The van der Waals surface area contributed by atoms with Gasteiger partial charge in [0.1, 0.15) is 11.9 Å². The molecule has 0 saturated carbocycles. The first-order valence-electron chi connectivity index (χ1n) is 9.39. The van der Waals surface area contributed by atoms with Crippen LogP contribution >= 0.6 is 0 Å². The Morgan fingerprint density at radius 1 is 1.30 bits per heavy atom. The summed E-state index contributed by atoms with van der Waals surface area (Å²) in [7, 11) is 0. The van der Waals surface area contributed by atoms with E-state index in [1.165, 1.54) is 17.9 Å². The maximum atomic E-state index is 14.6. The van der Waals surface area contributed by atoms with Crippen molar-refractivity contribution in [1.82, 2.24) is 5.32 Å². The molecule has 0 bridgehead atoms. The molecule has 2 aliphatic rings. The number of benzene rings is 1. The van der Waals surface area contributed by atoms with E-state index in [4.69, 9.17) is 9.47 Å². The molecule has 1 N–H and O–H groups in total. The number of amides is 2. The van der Waals surface area contributed by atoms with E-state index in [0.29, 0.717) is 31.1 Å². The van der Waals surface area contributed by atoms with Gasteiger partial charge < -0.3 is 19.7 Å². The molecule has 2 heterocycles. The SMILES string of the molecule is CC.CC(=O)NC[C@H]1CN(c2ccc(N3CCCOCC3)c(F)c2)C(=O)O1. The minimum Gasteiger partial charge on any atom is -0.442 e. The second-order valence-corrected chi connectivity index (χ2v) is 6.14. The summed E-state index contributed by atoms with van der Waals surface area (Å²) in [5, 5.41) is 2.61. The summed E-state index contributed by atoms with van der Waals surface area (Å²) in [6.07, 6.45) is -0.127. The molecule has 27 heavy (non-hydrogen) atoms. The highest BCUT2D eigenvalue weighted by Gasteiger charge is 2.32. The number of halogens is 1. The molecule has 8 heteroatoms. The molecule has 0 aromatic heterocycles. The normalized spacial score (nSPS) is 19.7. The first-order chi connectivity index (χ1) is 13.0. The van der Waals surface area contributed by atoms with Gasteiger partial charge in [-0.2, -0.15) is 0 Å². The second-order valence-electron chi connectivity index (χ2n) is 6.14. The lowest BCUT2D eigenvalue weighted by Gasteiger charge is -2.23. The third-order valence-corrected chi connectivity index (χ3v) is 4.26. The largest absolute Gasteiger partial charge is 0.442 e. The Morgan fingerprint density at radius 2 is 2.07 bits per heavy atom. The molecule has 2 saturated heterocycles. The predicted octanol–water partition coefficient (Wildman–Crippen LogP) is 2.54. The lowest BCUT2D eigenvalue weighted by Crippen LogP contribution is -2.33. The van der Waals surface area contributed by atoms with Crippen LogP contribution < -0.4 is 15.1 Å². The van der Waals surface area contributed by atoms with Gasteiger partial charge >= 0.3 is 6.09 Å². The number of nitrogens with zero attached hydrogens (tertiary/aromatic N) is 2. The van der Waals surface area contributed by atoms with Gasteiger partial charge in [-0.15, -0.1) is 0 Å². The fraction of sp³-hybridized carbons (Fsp3) is 0.579. The van der Waals surface area contributed by atoms with Gasteiger partial charge in [0.2, 0.25) is 5.91 Å². The Balaban J connectivity index is 0.00000126. The van der Waals surface area contributed by atoms with E-state index in [1.54, 1.807) is 12.1 Å². The Kier molecular flexibility index (Phi) is 7.84. The van der Waals surface area contributed by atoms with Crippen LogP contribution in [-0.2, 0) is 14.3 Å². The fourth-order valence-electron chi connectivity index (χ4n) is 3.00. The Labute approximate surface area is 159 Å². The zero-order chi connectivity index (χ0) is 19.8. The quantitative estimate of drug-likeness (QED) is 0.868. The lowest BCUT2D eigenvalue weighted by molar-refractivity contribution is -0.119. The molecule has 2 amide bonds. The molecular formula is C19H28FN3O4. The van der Waals surface area contributed by atoms with Crippen LogP contribution in [0.2, 0.25) is 0 Å². The maximum Gasteiger partial charge on any atom is 0.414 e. The minimum absolute atomic E-state index is 0.189. The van der Waals surface area contributed by atoms with Crippen LogP contribution in [0.15, 0.2) is 18.2 Å². The molecule has 7 nitrogen and oxygen atoms in total. The highest BCUT2D eigenvalue weighted by atomic mass is 19.1. The Morgan fingerprint density at radius 3 is 2.78 bits per heavy atom. The molecule has 0 aliphatic carbocycles. The van der Waals surface area contributed by atoms with Crippen LogP contribution in [0.5, 0.6) is 0 Å². The second kappa shape index (κ2) is 10.1. The predicted molar refractivity (Wildman–Crippen MR) is 102 cm³/mol. The molecule has 3 rings (SSSR count). The maximum absolute atomic E-state index is 14.6. The van der Waals surface area contributed by atoms with Crippen molar-refractivity contribution in [2.75, 3.05) is 49.2 Å². The standard InChI is InChI=1S/C17H22FN3O4.C2H6/c1-12(22)19-10-14-11-21(17(23)25-14)13-3-4-16(15(18)9-13)20-5-2-7-24-8-6-20;1-2/h3-4,9,14H,2,5-8,10-11H2,1H3,(H,19,22);1-2H3/t14-;/m0./s1. The summed E-state index contributed by atoms with van der Waals surface area (Å²) >= 11 is 0. The van der Waals surface area contributed by atoms with Crippen molar-refractivity contribution in [2.24, 2.45) is 0 Å². The van der Waals surface area contributed by atoms with Gasteiger partial charge in [-0.05, 0) is 24.6 Å². The summed E-state index contributed by atoms with van der Waals surface area (Å²) in [4.78, 5) is 26.3. The van der Waals surface area contributed by atoms with Crippen molar-refractivity contribution < 1.29 is 23.5 Å². The van der Waals surface area contributed by atoms with Gasteiger partial charge in [0.25, 0.3) is 0 Å². The van der Waals surface area contributed by atoms with E-state index in [2.05, 4.69) is 5.32 Å². The Hall–Kier alpha value is -2.35. The first kappa shape index (κ1) is 21.0. The molecule has 1 atom stereocenters. The highest BCUT2D eigenvalue weighted by molar-refractivity contribution is 5.90. The molecule has 0 radical (unpaired) electrons. The van der Waals surface area contributed by atoms with Gasteiger partial charge in [-0.1, -0.05) is 13.8 Å². The average Bonchev–Trinajstić information content (AvgIpc) is 2.85. The summed E-state index contributed by atoms with van der Waals surface area (Å²) in [6.45, 7) is 8.55. The monoisotopic (exact) mass is 381 g/mol. The summed E-state index contributed by atoms with van der Waals surface area (Å²) in [5.41, 5.74) is 0.958. The summed E-state index contributed by atoms with van der Waals surface area (Å²) in [5.74, 6) is -0.566. The van der Waals surface area contributed by atoms with E-state index in [0.717, 1.165) is 13.0 Å². The third kappa shape index (κ3) is 5.56. The third-order valence-electron chi connectivity index (χ3n) is 4.26. The molecule has 1 aromatic rings. The number of rotatable bonds is 4. The molecule has 0 spiro atoms. The number of carbonyl (C=O) groups excluding carboxylic acids is 2. The zero-order valence-electron chi connectivity index (χ0n) is 16.2. The number of cyclic esters (lactones) is 1. The number of hydrogen-bond acceptors (Lipinski definition) is 5. The van der Waals surface area contributed by atoms with E-state index in [9.17, 15) is 14.0 Å². The van der Waals surface area contributed by atoms with Crippen molar-refractivity contribution in [3.05, 3.63) is 24.0 Å². The highest BCUT2D eigenvalue weighted by Crippen LogP contribution is 2.28. The number of carbonyl (C=O) groups is 2. The lowest BCUT2D eigenvalue weighted by atomic mass is 10.2. The van der Waals surface area contributed by atoms with E-state index in [1.807, 2.05) is 18.7 Å². The zero-order valence-corrected chi connectivity index (χ0v) is 16.2. The Bertz CT molecular complexity index is 648. The van der Waals surface area contributed by atoms with E-state index < -0.39 is 12.2 Å². The van der Waals surface area contributed by atoms with Gasteiger partial charge in [0.05, 0.1) is 31.1 Å². The number of anilines is 2. The van der Waals surface area contributed by atoms with Gasteiger partial charge in [0.15, 0.2) is 0 Å². The molecule has 2 aliphatic heterocycles. The van der Waals surface area contributed by atoms with E-state index >= 15 is 0 Å². The number of ether oxygens (including phenoxy) is 2. The minimum atomic E-state index is -0.536. The van der Waals surface area contributed by atoms with Gasteiger partial charge in [-0.3, -0.25) is 9.69 Å². The van der Waals surface area contributed by atoms with Crippen molar-refractivity contribution in [1.29, 1.82) is 0 Å². The van der Waals surface area contributed by atoms with Crippen molar-refractivity contribution in [3.8, 4) is 0 Å². The smallest absolute Gasteiger partial charge is 0.414 e. The topological polar surface area (TPSA) is 71.1 Å². The van der Waals surface area contributed by atoms with Gasteiger partial charge in [0, 0.05) is 26.6 Å². The number of hydrogen-bond donors (Lipinski definition) is 1. The number of nitrogens with one attached hydrogen (secondary N) is 1. The van der Waals surface area contributed by atoms with E-state index in [-0.39, 0.29) is 24.8 Å². The molecule has 150 valence electrons. The van der Waals surface area contributed by atoms with Crippen LogP contribution in [0.3, 0.4) is 0 Å². The van der Waals surface area contributed by atoms with Crippen molar-refractivity contribution in [3.63, 3.8) is 0 Å². The van der Waals surface area contributed by atoms with Crippen LogP contribution in [0.4, 0.5) is 20.6 Å². The van der Waals surface area contributed by atoms with Crippen LogP contribution in [-0.4, -0.2) is 57.5 Å². The first-order valence-corrected chi connectivity index (χ1v) is 9.39. The molecule has 2 fully saturated rings. The van der Waals surface area contributed by atoms with Gasteiger partial charge in [-0.25, -0.2) is 9.18 Å². The summed E-state index contributed by atoms with van der Waals surface area (Å²) in [6, 6.07) is 4.75. The molecule has 0 unspecified atom stereocenters. The van der Waals surface area contributed by atoms with Crippen LogP contribution in [0.25, 0.3) is 0 Å². The van der Waals surface area contributed by atoms with Crippen LogP contribution in [0.1, 0.15) is 27.2 Å². The van der Waals surface area contributed by atoms with Crippen molar-refractivity contribution in [2.45, 2.75) is 33.3 Å². The van der Waals surface area contributed by atoms with Crippen molar-refractivity contribution >= 4 is 23.4 Å². The fourth-order valence-corrected chi connectivity index (χ4v) is 3.00. The molecular weight excluding hydrogens is 353 g/mol.